The zero-order valence-corrected chi connectivity index (χ0v) is 14.7. The minimum Gasteiger partial charge on any atom is -0.378 e. The van der Waals surface area contributed by atoms with Gasteiger partial charge < -0.3 is 15.4 Å². The molecule has 0 radical (unpaired) electrons. The maximum Gasteiger partial charge on any atom is 0.244 e. The van der Waals surface area contributed by atoms with Crippen LogP contribution in [0.15, 0.2) is 18.2 Å². The minimum absolute atomic E-state index is 0.0612. The molecule has 24 heavy (non-hydrogen) atoms. The number of carbonyl (C=O) groups is 2. The summed E-state index contributed by atoms with van der Waals surface area (Å²) < 4.78 is 5.50. The van der Waals surface area contributed by atoms with E-state index >= 15 is 0 Å². The van der Waals surface area contributed by atoms with Gasteiger partial charge in [0.25, 0.3) is 0 Å². The van der Waals surface area contributed by atoms with E-state index in [1.165, 1.54) is 6.92 Å². The third kappa shape index (κ3) is 5.04. The smallest absolute Gasteiger partial charge is 0.244 e. The lowest BCUT2D eigenvalue weighted by Gasteiger charge is -2.34. The highest BCUT2D eigenvalue weighted by Gasteiger charge is 2.29. The molecular formula is C18H27N3O3. The van der Waals surface area contributed by atoms with Gasteiger partial charge in [-0.3, -0.25) is 14.5 Å². The minimum atomic E-state index is -0.269. The van der Waals surface area contributed by atoms with Crippen LogP contribution in [0.5, 0.6) is 0 Å². The second kappa shape index (κ2) is 8.80. The number of hydrogen-bond donors (Lipinski definition) is 2. The molecule has 1 aliphatic rings. The largest absolute Gasteiger partial charge is 0.378 e. The Hall–Kier alpha value is -1.92. The summed E-state index contributed by atoms with van der Waals surface area (Å²) in [6, 6.07) is 5.22. The van der Waals surface area contributed by atoms with Gasteiger partial charge in [0.2, 0.25) is 11.8 Å². The van der Waals surface area contributed by atoms with Crippen LogP contribution in [-0.4, -0.2) is 49.1 Å². The molecule has 0 bridgehead atoms. The number of amides is 2. The second-order valence-electron chi connectivity index (χ2n) is 6.18. The summed E-state index contributed by atoms with van der Waals surface area (Å²) in [7, 11) is 0. The molecule has 0 aromatic heterocycles. The number of nitrogens with zero attached hydrogens (tertiary/aromatic N) is 1. The lowest BCUT2D eigenvalue weighted by atomic mass is 10.1. The summed E-state index contributed by atoms with van der Waals surface area (Å²) >= 11 is 0. The van der Waals surface area contributed by atoms with Crippen LogP contribution in [-0.2, 0) is 14.3 Å². The Kier molecular flexibility index (Phi) is 6.75. The van der Waals surface area contributed by atoms with E-state index in [1.807, 2.05) is 19.1 Å². The van der Waals surface area contributed by atoms with Gasteiger partial charge in [-0.1, -0.05) is 19.4 Å². The maximum atomic E-state index is 12.7. The van der Waals surface area contributed by atoms with E-state index in [1.54, 1.807) is 6.07 Å². The number of morpholine rings is 1. The third-order valence-corrected chi connectivity index (χ3v) is 4.16. The van der Waals surface area contributed by atoms with Crippen molar-refractivity contribution in [2.75, 3.05) is 36.9 Å². The Balaban J connectivity index is 2.08. The molecule has 1 aliphatic heterocycles. The van der Waals surface area contributed by atoms with E-state index < -0.39 is 0 Å². The maximum absolute atomic E-state index is 12.7. The van der Waals surface area contributed by atoms with Crippen molar-refractivity contribution in [1.29, 1.82) is 0 Å². The highest BCUT2D eigenvalue weighted by Crippen LogP contribution is 2.21. The molecule has 1 saturated heterocycles. The van der Waals surface area contributed by atoms with Crippen LogP contribution < -0.4 is 10.6 Å². The predicted octanol–water partition coefficient (Wildman–Crippen LogP) is 2.39. The van der Waals surface area contributed by atoms with Crippen LogP contribution in [0.1, 0.15) is 32.3 Å². The normalized spacial score (nSPS) is 18.2. The SMILES string of the molecule is CCCCN1CCOC[C@@H]1C(=O)Nc1cc(NC(C)=O)ccc1C. The molecule has 0 unspecified atom stereocenters. The van der Waals surface area contributed by atoms with Gasteiger partial charge in [-0.05, 0) is 37.6 Å². The zero-order chi connectivity index (χ0) is 17.5. The average Bonchev–Trinajstić information content (AvgIpc) is 2.55. The lowest BCUT2D eigenvalue weighted by Crippen LogP contribution is -2.52. The highest BCUT2D eigenvalue weighted by molar-refractivity contribution is 5.97. The molecule has 2 amide bonds. The van der Waals surface area contributed by atoms with Gasteiger partial charge in [0.05, 0.1) is 13.2 Å². The molecule has 2 N–H and O–H groups in total. The van der Waals surface area contributed by atoms with Crippen molar-refractivity contribution in [3.63, 3.8) is 0 Å². The van der Waals surface area contributed by atoms with Gasteiger partial charge in [0.15, 0.2) is 0 Å². The standard InChI is InChI=1S/C18H27N3O3/c1-4-5-8-21-9-10-24-12-17(21)18(23)20-16-11-15(19-14(3)22)7-6-13(16)2/h6-7,11,17H,4-5,8-10,12H2,1-3H3,(H,19,22)(H,20,23)/t17-/m1/s1. The molecule has 1 aromatic carbocycles. The number of unbranched alkanes of at least 4 members (excludes halogenated alkanes) is 1. The van der Waals surface area contributed by atoms with Crippen molar-refractivity contribution < 1.29 is 14.3 Å². The predicted molar refractivity (Wildman–Crippen MR) is 95.2 cm³/mol. The van der Waals surface area contributed by atoms with Crippen LogP contribution in [0, 0.1) is 6.92 Å². The van der Waals surface area contributed by atoms with Gasteiger partial charge in [-0.15, -0.1) is 0 Å². The van der Waals surface area contributed by atoms with Crippen molar-refractivity contribution in [2.24, 2.45) is 0 Å². The third-order valence-electron chi connectivity index (χ3n) is 4.16. The summed E-state index contributed by atoms with van der Waals surface area (Å²) in [6.07, 6.45) is 2.17. The molecule has 0 aliphatic carbocycles. The van der Waals surface area contributed by atoms with Crippen molar-refractivity contribution in [3.05, 3.63) is 23.8 Å². The Bertz CT molecular complexity index is 589. The first-order valence-corrected chi connectivity index (χ1v) is 8.52. The Morgan fingerprint density at radius 2 is 2.12 bits per heavy atom. The summed E-state index contributed by atoms with van der Waals surface area (Å²) in [5.41, 5.74) is 2.34. The number of benzene rings is 1. The van der Waals surface area contributed by atoms with Crippen LogP contribution in [0.3, 0.4) is 0 Å². The first-order chi connectivity index (χ1) is 11.5. The summed E-state index contributed by atoms with van der Waals surface area (Å²) in [5.74, 6) is -0.198. The Morgan fingerprint density at radius 1 is 1.33 bits per heavy atom. The molecule has 1 atom stereocenters. The van der Waals surface area contributed by atoms with Crippen molar-refractivity contribution in [3.8, 4) is 0 Å². The van der Waals surface area contributed by atoms with Gasteiger partial charge >= 0.3 is 0 Å². The molecule has 1 aromatic rings. The molecule has 1 fully saturated rings. The van der Waals surface area contributed by atoms with Gasteiger partial charge in [-0.25, -0.2) is 0 Å². The van der Waals surface area contributed by atoms with Crippen LogP contribution in [0.4, 0.5) is 11.4 Å². The van der Waals surface area contributed by atoms with Crippen molar-refractivity contribution in [2.45, 2.75) is 39.7 Å². The lowest BCUT2D eigenvalue weighted by molar-refractivity contribution is -0.127. The van der Waals surface area contributed by atoms with E-state index in [0.29, 0.717) is 24.6 Å². The van der Waals surface area contributed by atoms with Crippen molar-refractivity contribution >= 4 is 23.2 Å². The van der Waals surface area contributed by atoms with Crippen LogP contribution in [0.25, 0.3) is 0 Å². The monoisotopic (exact) mass is 333 g/mol. The summed E-state index contributed by atoms with van der Waals surface area (Å²) in [6.45, 7) is 8.31. The van der Waals surface area contributed by atoms with E-state index in [9.17, 15) is 9.59 Å². The molecule has 132 valence electrons. The fraction of sp³-hybridized carbons (Fsp3) is 0.556. The molecule has 6 nitrogen and oxygen atoms in total. The van der Waals surface area contributed by atoms with Crippen LogP contribution in [0.2, 0.25) is 0 Å². The Morgan fingerprint density at radius 3 is 2.83 bits per heavy atom. The fourth-order valence-electron chi connectivity index (χ4n) is 2.76. The molecule has 1 heterocycles. The van der Waals surface area contributed by atoms with Crippen LogP contribution >= 0.6 is 0 Å². The average molecular weight is 333 g/mol. The number of hydrogen-bond acceptors (Lipinski definition) is 4. The number of aryl methyl sites for hydroxylation is 1. The number of nitrogens with one attached hydrogen (secondary N) is 2. The highest BCUT2D eigenvalue weighted by atomic mass is 16.5. The number of rotatable bonds is 6. The van der Waals surface area contributed by atoms with E-state index in [2.05, 4.69) is 22.5 Å². The van der Waals surface area contributed by atoms with Gasteiger partial charge in [0, 0.05) is 24.8 Å². The van der Waals surface area contributed by atoms with Gasteiger partial charge in [0.1, 0.15) is 6.04 Å². The summed E-state index contributed by atoms with van der Waals surface area (Å²) in [5, 5.41) is 5.72. The Labute approximate surface area is 143 Å². The van der Waals surface area contributed by atoms with E-state index in [-0.39, 0.29) is 17.9 Å². The topological polar surface area (TPSA) is 70.7 Å². The first kappa shape index (κ1) is 18.4. The van der Waals surface area contributed by atoms with Gasteiger partial charge in [-0.2, -0.15) is 0 Å². The quantitative estimate of drug-likeness (QED) is 0.838. The zero-order valence-electron chi connectivity index (χ0n) is 14.7. The van der Waals surface area contributed by atoms with E-state index in [0.717, 1.165) is 31.5 Å². The molecule has 0 spiro atoms. The molecular weight excluding hydrogens is 306 g/mol. The number of carbonyl (C=O) groups excluding carboxylic acids is 2. The number of anilines is 2. The second-order valence-corrected chi connectivity index (χ2v) is 6.18. The number of ether oxygens (including phenoxy) is 1. The van der Waals surface area contributed by atoms with E-state index in [4.69, 9.17) is 4.74 Å². The molecule has 2 rings (SSSR count). The first-order valence-electron chi connectivity index (χ1n) is 8.52. The fourth-order valence-corrected chi connectivity index (χ4v) is 2.76. The van der Waals surface area contributed by atoms with Crippen molar-refractivity contribution in [1.82, 2.24) is 4.90 Å². The molecule has 0 saturated carbocycles. The molecule has 6 heteroatoms. The summed E-state index contributed by atoms with van der Waals surface area (Å²) in [4.78, 5) is 26.1.